The van der Waals surface area contributed by atoms with Crippen molar-refractivity contribution in [3.8, 4) is 5.75 Å². The van der Waals surface area contributed by atoms with Crippen LogP contribution in [0.5, 0.6) is 5.75 Å². The fourth-order valence-electron chi connectivity index (χ4n) is 4.86. The number of hydrogen-bond acceptors (Lipinski definition) is 9. The molecule has 1 heterocycles. The maximum atomic E-state index is 13.7. The number of nitrogens with two attached hydrogens (primary N) is 1. The van der Waals surface area contributed by atoms with E-state index in [1.54, 1.807) is 30.5 Å². The van der Waals surface area contributed by atoms with Gasteiger partial charge in [-0.2, -0.15) is 0 Å². The van der Waals surface area contributed by atoms with Crippen molar-refractivity contribution in [2.75, 3.05) is 6.54 Å². The molecule has 4 amide bonds. The second-order valence-corrected chi connectivity index (χ2v) is 11.2. The molecule has 0 aliphatic carbocycles. The molecule has 0 saturated carbocycles. The Morgan fingerprint density at radius 2 is 1.24 bits per heavy atom. The van der Waals surface area contributed by atoms with Gasteiger partial charge in [0.25, 0.3) is 0 Å². The van der Waals surface area contributed by atoms with E-state index in [1.807, 2.05) is 0 Å². The third-order valence-electron chi connectivity index (χ3n) is 7.44. The summed E-state index contributed by atoms with van der Waals surface area (Å²) >= 11 is 0. The summed E-state index contributed by atoms with van der Waals surface area (Å²) in [6.07, 6.45) is -0.283. The zero-order valence-electron chi connectivity index (χ0n) is 26.2. The summed E-state index contributed by atoms with van der Waals surface area (Å²) in [6.45, 7) is -0.760. The summed E-state index contributed by atoms with van der Waals surface area (Å²) in [7, 11) is 0. The zero-order valence-corrected chi connectivity index (χ0v) is 26.2. The van der Waals surface area contributed by atoms with Crippen molar-refractivity contribution in [3.05, 3.63) is 65.9 Å². The maximum absolute atomic E-state index is 13.7. The minimum atomic E-state index is -1.54. The van der Waals surface area contributed by atoms with Crippen LogP contribution in [0.25, 0.3) is 10.9 Å². The topological polar surface area (TPSA) is 290 Å². The number of aliphatic carboxylic acids is 3. The first-order chi connectivity index (χ1) is 23.2. The minimum Gasteiger partial charge on any atom is -0.508 e. The molecule has 3 rings (SSSR count). The van der Waals surface area contributed by atoms with Crippen molar-refractivity contribution in [3.63, 3.8) is 0 Å². The van der Waals surface area contributed by atoms with Gasteiger partial charge in [0.1, 0.15) is 30.4 Å². The molecule has 49 heavy (non-hydrogen) atoms. The van der Waals surface area contributed by atoms with E-state index in [2.05, 4.69) is 26.3 Å². The number of phenolic OH excluding ortho intramolecular Hbond substituents is 1. The predicted octanol–water partition coefficient (Wildman–Crippen LogP) is -0.629. The number of aromatic nitrogens is 1. The quantitative estimate of drug-likeness (QED) is 0.0756. The Morgan fingerprint density at radius 3 is 1.90 bits per heavy atom. The molecule has 0 radical (unpaired) electrons. The van der Waals surface area contributed by atoms with Crippen molar-refractivity contribution in [2.45, 2.75) is 62.7 Å². The molecule has 4 unspecified atom stereocenters. The number of carbonyl (C=O) groups is 7. The zero-order chi connectivity index (χ0) is 36.1. The van der Waals surface area contributed by atoms with Crippen LogP contribution >= 0.6 is 0 Å². The van der Waals surface area contributed by atoms with Crippen LogP contribution in [0.3, 0.4) is 0 Å². The Hall–Kier alpha value is -5.97. The molecule has 262 valence electrons. The Balaban J connectivity index is 1.87. The number of carboxylic acids is 3. The van der Waals surface area contributed by atoms with Crippen LogP contribution in [-0.2, 0) is 46.4 Å². The lowest BCUT2D eigenvalue weighted by atomic mass is 10.0. The molecule has 2 aromatic carbocycles. The van der Waals surface area contributed by atoms with E-state index in [-0.39, 0.29) is 25.0 Å². The molecule has 0 fully saturated rings. The first-order valence-corrected chi connectivity index (χ1v) is 15.2. The van der Waals surface area contributed by atoms with Gasteiger partial charge in [-0.05, 0) is 42.2 Å². The van der Waals surface area contributed by atoms with Gasteiger partial charge in [0.15, 0.2) is 0 Å². The average Bonchev–Trinajstić information content (AvgIpc) is 3.46. The minimum absolute atomic E-state index is 0.0618. The molecule has 17 heteroatoms. The summed E-state index contributed by atoms with van der Waals surface area (Å²) < 4.78 is 0. The van der Waals surface area contributed by atoms with E-state index >= 15 is 0 Å². The number of hydrogen-bond donors (Lipinski definition) is 10. The molecule has 3 aromatic rings. The number of H-pyrrole nitrogens is 1. The summed E-state index contributed by atoms with van der Waals surface area (Å²) in [6, 6.07) is 7.19. The van der Waals surface area contributed by atoms with E-state index in [1.165, 1.54) is 24.3 Å². The normalized spacial score (nSPS) is 13.3. The molecule has 0 aliphatic rings. The second-order valence-electron chi connectivity index (χ2n) is 11.2. The number of nitrogens with one attached hydrogen (secondary N) is 5. The van der Waals surface area contributed by atoms with Gasteiger partial charge in [-0.3, -0.25) is 33.6 Å². The standard InChI is InChI=1S/C32H38N6O11/c33-21(9-11-26(40)41)29(46)37-25(14-18-15-34-22-4-2-1-3-20(18)22)32(49)36-23(10-12-27(42)43)31(48)38-24(30(47)35-16-28(44)45)13-17-5-7-19(39)8-6-17/h1-8,15,21,23-25,34,39H,9-14,16,33H2,(H,35,47)(H,36,49)(H,37,46)(H,38,48)(H,40,41)(H,42,43)(H,44,45). The van der Waals surface area contributed by atoms with E-state index in [9.17, 15) is 43.8 Å². The summed E-state index contributed by atoms with van der Waals surface area (Å²) in [5, 5.41) is 47.2. The molecule has 11 N–H and O–H groups in total. The number of rotatable bonds is 19. The van der Waals surface area contributed by atoms with E-state index < -0.39 is 91.5 Å². The Bertz CT molecular complexity index is 1670. The number of carboxylic acid groups (broad SMARTS) is 3. The first-order valence-electron chi connectivity index (χ1n) is 15.2. The van der Waals surface area contributed by atoms with E-state index in [0.717, 1.165) is 10.9 Å². The van der Waals surface area contributed by atoms with Crippen LogP contribution in [0.1, 0.15) is 36.8 Å². The first kappa shape index (κ1) is 37.5. The van der Waals surface area contributed by atoms with Crippen molar-refractivity contribution < 1.29 is 54.0 Å². The highest BCUT2D eigenvalue weighted by Crippen LogP contribution is 2.20. The van der Waals surface area contributed by atoms with Gasteiger partial charge in [-0.1, -0.05) is 30.3 Å². The maximum Gasteiger partial charge on any atom is 0.322 e. The number of aromatic amines is 1. The molecule has 4 atom stereocenters. The van der Waals surface area contributed by atoms with Crippen molar-refractivity contribution in [1.29, 1.82) is 0 Å². The molecule has 17 nitrogen and oxygen atoms in total. The van der Waals surface area contributed by atoms with Crippen molar-refractivity contribution >= 4 is 52.4 Å². The number of carbonyl (C=O) groups excluding carboxylic acids is 4. The van der Waals surface area contributed by atoms with Crippen LogP contribution < -0.4 is 27.0 Å². The van der Waals surface area contributed by atoms with Gasteiger partial charge in [0.2, 0.25) is 23.6 Å². The lowest BCUT2D eigenvalue weighted by molar-refractivity contribution is -0.139. The number of amides is 4. The molecule has 0 aliphatic heterocycles. The lowest BCUT2D eigenvalue weighted by Gasteiger charge is -2.26. The highest BCUT2D eigenvalue weighted by molar-refractivity contribution is 5.96. The van der Waals surface area contributed by atoms with Crippen molar-refractivity contribution in [1.82, 2.24) is 26.3 Å². The molecular weight excluding hydrogens is 644 g/mol. The summed E-state index contributed by atoms with van der Waals surface area (Å²) in [4.78, 5) is 89.7. The van der Waals surface area contributed by atoms with Crippen molar-refractivity contribution in [2.24, 2.45) is 5.73 Å². The summed E-state index contributed by atoms with van der Waals surface area (Å²) in [5.74, 6) is -7.47. The predicted molar refractivity (Wildman–Crippen MR) is 172 cm³/mol. The summed E-state index contributed by atoms with van der Waals surface area (Å²) in [5.41, 5.74) is 7.69. The van der Waals surface area contributed by atoms with Crippen LogP contribution in [0, 0.1) is 0 Å². The van der Waals surface area contributed by atoms with Crippen LogP contribution in [0.15, 0.2) is 54.7 Å². The number of fused-ring (bicyclic) bond motifs is 1. The Labute approximate surface area is 279 Å². The van der Waals surface area contributed by atoms with Gasteiger partial charge in [-0.25, -0.2) is 0 Å². The molecule has 0 bridgehead atoms. The third-order valence-corrected chi connectivity index (χ3v) is 7.44. The van der Waals surface area contributed by atoms with Gasteiger partial charge in [-0.15, -0.1) is 0 Å². The molecule has 1 aromatic heterocycles. The van der Waals surface area contributed by atoms with Gasteiger partial charge in [0.05, 0.1) is 6.04 Å². The van der Waals surface area contributed by atoms with E-state index in [0.29, 0.717) is 11.1 Å². The van der Waals surface area contributed by atoms with Gasteiger partial charge >= 0.3 is 17.9 Å². The molecule has 0 spiro atoms. The SMILES string of the molecule is NC(CCC(=O)O)C(=O)NC(Cc1c[nH]c2ccccc12)C(=O)NC(CCC(=O)O)C(=O)NC(Cc1ccc(O)cc1)C(=O)NCC(=O)O. The molecule has 0 saturated heterocycles. The number of benzene rings is 2. The third kappa shape index (κ3) is 12.0. The number of aromatic hydroxyl groups is 1. The lowest BCUT2D eigenvalue weighted by Crippen LogP contribution is -2.58. The fourth-order valence-corrected chi connectivity index (χ4v) is 4.86. The van der Waals surface area contributed by atoms with Crippen LogP contribution in [-0.4, -0.2) is 97.7 Å². The molecular formula is C32H38N6O11. The fraction of sp³-hybridized carbons (Fsp3) is 0.344. The monoisotopic (exact) mass is 682 g/mol. The second kappa shape index (κ2) is 17.8. The highest BCUT2D eigenvalue weighted by Gasteiger charge is 2.31. The average molecular weight is 683 g/mol. The van der Waals surface area contributed by atoms with Gasteiger partial charge < -0.3 is 52.4 Å². The van der Waals surface area contributed by atoms with Gasteiger partial charge in [0, 0.05) is 42.8 Å². The largest absolute Gasteiger partial charge is 0.508 e. The van der Waals surface area contributed by atoms with Crippen LogP contribution in [0.4, 0.5) is 0 Å². The van der Waals surface area contributed by atoms with Crippen LogP contribution in [0.2, 0.25) is 0 Å². The number of para-hydroxylation sites is 1. The Morgan fingerprint density at radius 1 is 0.673 bits per heavy atom. The smallest absolute Gasteiger partial charge is 0.322 e. The number of phenols is 1. The Kier molecular flexibility index (Phi) is 13.6. The highest BCUT2D eigenvalue weighted by atomic mass is 16.4. The van der Waals surface area contributed by atoms with E-state index in [4.69, 9.17) is 15.9 Å².